The molecule has 3 N–H and O–H groups in total. The van der Waals surface area contributed by atoms with Gasteiger partial charge in [-0.25, -0.2) is 4.98 Å². The van der Waals surface area contributed by atoms with Crippen molar-refractivity contribution in [2.75, 3.05) is 24.2 Å². The number of aromatic nitrogens is 3. The van der Waals surface area contributed by atoms with Crippen molar-refractivity contribution >= 4 is 11.5 Å². The summed E-state index contributed by atoms with van der Waals surface area (Å²) in [5.41, 5.74) is 6.44. The number of nitrogens with two attached hydrogens (primary N) is 1. The Morgan fingerprint density at radius 3 is 2.95 bits per heavy atom. The van der Waals surface area contributed by atoms with Gasteiger partial charge >= 0.3 is 0 Å². The van der Waals surface area contributed by atoms with E-state index >= 15 is 0 Å². The van der Waals surface area contributed by atoms with Crippen molar-refractivity contribution < 1.29 is 4.74 Å². The summed E-state index contributed by atoms with van der Waals surface area (Å²) in [6, 6.07) is 3.69. The topological polar surface area (TPSA) is 78.0 Å². The number of hydrogen-bond donors (Lipinski definition) is 2. The molecule has 6 nitrogen and oxygen atoms in total. The Morgan fingerprint density at radius 1 is 1.38 bits per heavy atom. The lowest BCUT2D eigenvalue weighted by atomic mass is 10.2. The van der Waals surface area contributed by atoms with Crippen LogP contribution in [0.2, 0.25) is 0 Å². The van der Waals surface area contributed by atoms with Gasteiger partial charge in [-0.15, -0.1) is 0 Å². The molecule has 2 aromatic heterocycles. The Bertz CT molecular complexity index is 539. The highest BCUT2D eigenvalue weighted by Gasteiger charge is 2.05. The van der Waals surface area contributed by atoms with Crippen LogP contribution in [0, 0.1) is 5.92 Å². The molecule has 0 bridgehead atoms. The van der Waals surface area contributed by atoms with Crippen LogP contribution in [-0.4, -0.2) is 27.7 Å². The van der Waals surface area contributed by atoms with Crippen molar-refractivity contribution in [3.8, 4) is 5.88 Å². The van der Waals surface area contributed by atoms with Gasteiger partial charge in [-0.3, -0.25) is 0 Å². The van der Waals surface area contributed by atoms with Gasteiger partial charge in [0.2, 0.25) is 5.88 Å². The van der Waals surface area contributed by atoms with E-state index in [2.05, 4.69) is 33.7 Å². The maximum atomic E-state index is 5.87. The molecular formula is C15H23N5O. The van der Waals surface area contributed by atoms with Crippen molar-refractivity contribution in [2.45, 2.75) is 26.8 Å². The Hall–Kier alpha value is -2.24. The molecule has 0 unspecified atom stereocenters. The SMILES string of the molecule is CC(C)COc1nc(NCCCn2ccnc2)ccc1N. The summed E-state index contributed by atoms with van der Waals surface area (Å²) in [6.07, 6.45) is 6.55. The third-order valence-corrected chi connectivity index (χ3v) is 2.90. The molecule has 0 radical (unpaired) electrons. The summed E-state index contributed by atoms with van der Waals surface area (Å²) in [7, 11) is 0. The van der Waals surface area contributed by atoms with Gasteiger partial charge in [0, 0.05) is 25.5 Å². The average Bonchev–Trinajstić information content (AvgIpc) is 2.97. The first-order valence-corrected chi connectivity index (χ1v) is 7.24. The fraction of sp³-hybridized carbons (Fsp3) is 0.467. The van der Waals surface area contributed by atoms with E-state index in [1.54, 1.807) is 6.20 Å². The van der Waals surface area contributed by atoms with E-state index < -0.39 is 0 Å². The molecule has 114 valence electrons. The van der Waals surface area contributed by atoms with Gasteiger partial charge in [0.1, 0.15) is 5.82 Å². The molecule has 0 aliphatic heterocycles. The summed E-state index contributed by atoms with van der Waals surface area (Å²) >= 11 is 0. The molecule has 0 saturated carbocycles. The van der Waals surface area contributed by atoms with Crippen LogP contribution in [0.3, 0.4) is 0 Å². The quantitative estimate of drug-likeness (QED) is 0.730. The number of nitrogens with zero attached hydrogens (tertiary/aromatic N) is 3. The fourth-order valence-electron chi connectivity index (χ4n) is 1.81. The highest BCUT2D eigenvalue weighted by molar-refractivity contribution is 5.53. The van der Waals surface area contributed by atoms with Crippen LogP contribution >= 0.6 is 0 Å². The predicted octanol–water partition coefficient (Wildman–Crippen LogP) is 2.40. The number of imidazole rings is 1. The third kappa shape index (κ3) is 4.98. The van der Waals surface area contributed by atoms with Crippen molar-refractivity contribution in [1.29, 1.82) is 0 Å². The molecule has 21 heavy (non-hydrogen) atoms. The lowest BCUT2D eigenvalue weighted by molar-refractivity contribution is 0.263. The van der Waals surface area contributed by atoms with E-state index in [4.69, 9.17) is 10.5 Å². The normalized spacial score (nSPS) is 10.8. The molecule has 2 rings (SSSR count). The maximum absolute atomic E-state index is 5.87. The molecule has 0 aromatic carbocycles. The minimum Gasteiger partial charge on any atom is -0.476 e. The van der Waals surface area contributed by atoms with Gasteiger partial charge in [0.25, 0.3) is 0 Å². The van der Waals surface area contributed by atoms with Crippen molar-refractivity contribution in [2.24, 2.45) is 5.92 Å². The van der Waals surface area contributed by atoms with Crippen LogP contribution in [0.25, 0.3) is 0 Å². The van der Waals surface area contributed by atoms with Gasteiger partial charge in [0.05, 0.1) is 18.6 Å². The van der Waals surface area contributed by atoms with Gasteiger partial charge in [-0.05, 0) is 24.5 Å². The summed E-state index contributed by atoms with van der Waals surface area (Å²) in [5.74, 6) is 1.73. The standard InChI is InChI=1S/C15H23N5O/c1-12(2)10-21-15-13(16)4-5-14(19-15)18-6-3-8-20-9-7-17-11-20/h4-5,7,9,11-12H,3,6,8,10,16H2,1-2H3,(H,18,19). The average molecular weight is 289 g/mol. The first-order valence-electron chi connectivity index (χ1n) is 7.24. The Morgan fingerprint density at radius 2 is 2.24 bits per heavy atom. The maximum Gasteiger partial charge on any atom is 0.239 e. The van der Waals surface area contributed by atoms with Gasteiger partial charge in [-0.1, -0.05) is 13.8 Å². The summed E-state index contributed by atoms with van der Waals surface area (Å²) < 4.78 is 7.67. The first-order chi connectivity index (χ1) is 10.1. The van der Waals surface area contributed by atoms with Crippen LogP contribution in [0.1, 0.15) is 20.3 Å². The summed E-state index contributed by atoms with van der Waals surface area (Å²) in [4.78, 5) is 8.42. The molecule has 2 heterocycles. The second-order valence-electron chi connectivity index (χ2n) is 5.38. The minimum atomic E-state index is 0.443. The van der Waals surface area contributed by atoms with Crippen molar-refractivity contribution in [1.82, 2.24) is 14.5 Å². The molecule has 6 heteroatoms. The lowest BCUT2D eigenvalue weighted by Crippen LogP contribution is -2.10. The second kappa shape index (κ2) is 7.52. The monoisotopic (exact) mass is 289 g/mol. The van der Waals surface area contributed by atoms with Crippen molar-refractivity contribution in [3.05, 3.63) is 30.9 Å². The van der Waals surface area contributed by atoms with Gasteiger partial charge in [-0.2, -0.15) is 4.98 Å². The zero-order chi connectivity index (χ0) is 15.1. The predicted molar refractivity (Wildman–Crippen MR) is 84.3 cm³/mol. The zero-order valence-corrected chi connectivity index (χ0v) is 12.6. The molecule has 0 spiro atoms. The van der Waals surface area contributed by atoms with E-state index in [9.17, 15) is 0 Å². The smallest absolute Gasteiger partial charge is 0.239 e. The van der Waals surface area contributed by atoms with E-state index in [1.807, 2.05) is 24.7 Å². The number of ether oxygens (including phenoxy) is 1. The number of pyridine rings is 1. The number of rotatable bonds is 8. The molecule has 0 aliphatic carbocycles. The highest BCUT2D eigenvalue weighted by Crippen LogP contribution is 2.21. The van der Waals surface area contributed by atoms with Gasteiger partial charge in [0.15, 0.2) is 0 Å². The van der Waals surface area contributed by atoms with Crippen molar-refractivity contribution in [3.63, 3.8) is 0 Å². The lowest BCUT2D eigenvalue weighted by Gasteiger charge is -2.12. The third-order valence-electron chi connectivity index (χ3n) is 2.90. The molecule has 0 aliphatic rings. The van der Waals surface area contributed by atoms with Crippen LogP contribution < -0.4 is 15.8 Å². The summed E-state index contributed by atoms with van der Waals surface area (Å²) in [5, 5.41) is 3.28. The Labute approximate surface area is 125 Å². The first kappa shape index (κ1) is 15.2. The highest BCUT2D eigenvalue weighted by atomic mass is 16.5. The fourth-order valence-corrected chi connectivity index (χ4v) is 1.81. The van der Waals surface area contributed by atoms with Crippen LogP contribution in [0.4, 0.5) is 11.5 Å². The zero-order valence-electron chi connectivity index (χ0n) is 12.6. The van der Waals surface area contributed by atoms with Crippen LogP contribution in [0.5, 0.6) is 5.88 Å². The van der Waals surface area contributed by atoms with Crippen LogP contribution in [-0.2, 0) is 6.54 Å². The van der Waals surface area contributed by atoms with Crippen LogP contribution in [0.15, 0.2) is 30.9 Å². The molecule has 0 fully saturated rings. The number of nitrogen functional groups attached to an aromatic ring is 1. The number of anilines is 2. The Balaban J connectivity index is 1.81. The molecule has 0 amide bonds. The van der Waals surface area contributed by atoms with E-state index in [-0.39, 0.29) is 0 Å². The second-order valence-corrected chi connectivity index (χ2v) is 5.38. The molecule has 0 saturated heterocycles. The Kier molecular flexibility index (Phi) is 5.43. The molecule has 2 aromatic rings. The summed E-state index contributed by atoms with van der Waals surface area (Å²) in [6.45, 7) is 6.56. The minimum absolute atomic E-state index is 0.443. The molecular weight excluding hydrogens is 266 g/mol. The van der Waals surface area contributed by atoms with E-state index in [1.165, 1.54) is 0 Å². The molecule has 0 atom stereocenters. The van der Waals surface area contributed by atoms with Gasteiger partial charge < -0.3 is 20.4 Å². The number of aryl methyl sites for hydroxylation is 1. The number of nitrogens with one attached hydrogen (secondary N) is 1. The number of hydrogen-bond acceptors (Lipinski definition) is 5. The largest absolute Gasteiger partial charge is 0.476 e. The van der Waals surface area contributed by atoms with E-state index in [0.717, 1.165) is 25.3 Å². The van der Waals surface area contributed by atoms with E-state index in [0.29, 0.717) is 24.1 Å².